The number of aromatic nitrogens is 1. The summed E-state index contributed by atoms with van der Waals surface area (Å²) in [6, 6.07) is 7.31. The zero-order valence-corrected chi connectivity index (χ0v) is 15.6. The maximum Gasteiger partial charge on any atom is 0.341 e. The molecule has 0 atom stereocenters. The van der Waals surface area contributed by atoms with Gasteiger partial charge in [-0.2, -0.15) is 11.3 Å². The van der Waals surface area contributed by atoms with Crippen LogP contribution >= 0.6 is 11.3 Å². The Labute approximate surface area is 155 Å². The van der Waals surface area contributed by atoms with Gasteiger partial charge in [0.25, 0.3) is 0 Å². The first-order chi connectivity index (χ1) is 12.6. The summed E-state index contributed by atoms with van der Waals surface area (Å²) in [6.07, 6.45) is 2.72. The molecule has 3 aromatic rings. The summed E-state index contributed by atoms with van der Waals surface area (Å²) in [4.78, 5) is 16.8. The normalized spacial score (nSPS) is 10.7. The Balaban J connectivity index is 2.14. The molecule has 0 N–H and O–H groups in total. The first-order valence-electron chi connectivity index (χ1n) is 7.98. The van der Waals surface area contributed by atoms with E-state index in [1.165, 1.54) is 19.1 Å². The van der Waals surface area contributed by atoms with Gasteiger partial charge in [0.05, 0.1) is 23.9 Å². The van der Waals surface area contributed by atoms with Crippen molar-refractivity contribution in [3.63, 3.8) is 0 Å². The van der Waals surface area contributed by atoms with Gasteiger partial charge in [-0.05, 0) is 24.6 Å². The van der Waals surface area contributed by atoms with Gasteiger partial charge in [-0.3, -0.25) is 0 Å². The average Bonchev–Trinajstić information content (AvgIpc) is 3.24. The second-order valence-corrected chi connectivity index (χ2v) is 6.64. The van der Waals surface area contributed by atoms with Crippen LogP contribution in [0.1, 0.15) is 22.2 Å². The Morgan fingerprint density at radius 3 is 2.77 bits per heavy atom. The van der Waals surface area contributed by atoms with E-state index >= 15 is 0 Å². The highest BCUT2D eigenvalue weighted by molar-refractivity contribution is 7.19. The maximum absolute atomic E-state index is 12.0. The van der Waals surface area contributed by atoms with Crippen LogP contribution in [0.5, 0.6) is 5.75 Å². The Morgan fingerprint density at radius 2 is 2.12 bits per heavy atom. The van der Waals surface area contributed by atoms with Crippen molar-refractivity contribution in [3.05, 3.63) is 52.3 Å². The Bertz CT molecular complexity index is 997. The molecule has 7 heteroatoms. The average molecular weight is 370 g/mol. The van der Waals surface area contributed by atoms with E-state index in [0.29, 0.717) is 17.0 Å². The van der Waals surface area contributed by atoms with Crippen LogP contribution in [-0.2, 0) is 15.9 Å². The summed E-state index contributed by atoms with van der Waals surface area (Å²) in [5.41, 5.74) is 2.70. The van der Waals surface area contributed by atoms with Crippen molar-refractivity contribution in [3.8, 4) is 11.4 Å². The SMILES string of the molecule is [C-]#[N+]c1cn(-c2ccc(C(=O)OC)c(OCOC)c2)c2cc(CC)sc12. The van der Waals surface area contributed by atoms with E-state index in [2.05, 4.69) is 17.8 Å². The van der Waals surface area contributed by atoms with Crippen LogP contribution in [0.3, 0.4) is 0 Å². The molecular weight excluding hydrogens is 352 g/mol. The number of nitrogens with zero attached hydrogens (tertiary/aromatic N) is 2. The summed E-state index contributed by atoms with van der Waals surface area (Å²) >= 11 is 1.63. The quantitative estimate of drug-likeness (QED) is 0.362. The first kappa shape index (κ1) is 18.0. The van der Waals surface area contributed by atoms with Crippen molar-refractivity contribution in [2.24, 2.45) is 0 Å². The third-order valence-corrected chi connectivity index (χ3v) is 5.25. The summed E-state index contributed by atoms with van der Waals surface area (Å²) in [5, 5.41) is 0. The minimum Gasteiger partial charge on any atom is -0.467 e. The molecule has 0 saturated heterocycles. The standard InChI is InChI=1S/C19H18N2O4S/c1-5-13-9-16-18(26-13)15(20-2)10-21(16)12-6-7-14(19(22)24-4)17(8-12)25-11-23-3/h6-10H,5,11H2,1,3-4H3. The lowest BCUT2D eigenvalue weighted by Gasteiger charge is -2.12. The molecule has 134 valence electrons. The third kappa shape index (κ3) is 3.17. The number of fused-ring (bicyclic) bond motifs is 1. The van der Waals surface area contributed by atoms with Crippen LogP contribution in [-0.4, -0.2) is 31.5 Å². The van der Waals surface area contributed by atoms with Gasteiger partial charge in [-0.25, -0.2) is 9.64 Å². The molecule has 2 heterocycles. The van der Waals surface area contributed by atoms with E-state index in [-0.39, 0.29) is 6.79 Å². The number of aryl methyl sites for hydroxylation is 1. The number of ether oxygens (including phenoxy) is 3. The van der Waals surface area contributed by atoms with Crippen molar-refractivity contribution in [1.82, 2.24) is 4.57 Å². The lowest BCUT2D eigenvalue weighted by atomic mass is 10.1. The van der Waals surface area contributed by atoms with E-state index < -0.39 is 5.97 Å². The van der Waals surface area contributed by atoms with Gasteiger partial charge in [0.2, 0.25) is 5.69 Å². The summed E-state index contributed by atoms with van der Waals surface area (Å²) < 4.78 is 18.2. The molecule has 6 nitrogen and oxygen atoms in total. The van der Waals surface area contributed by atoms with Gasteiger partial charge in [-0.1, -0.05) is 6.92 Å². The molecule has 2 aromatic heterocycles. The second kappa shape index (κ2) is 7.60. The molecule has 0 aliphatic heterocycles. The van der Waals surface area contributed by atoms with Gasteiger partial charge in [-0.15, -0.1) is 0 Å². The fourth-order valence-corrected chi connectivity index (χ4v) is 3.73. The highest BCUT2D eigenvalue weighted by Gasteiger charge is 2.17. The Morgan fingerprint density at radius 1 is 1.31 bits per heavy atom. The van der Waals surface area contributed by atoms with Crippen LogP contribution in [0.2, 0.25) is 0 Å². The molecule has 0 amide bonds. The Hall–Kier alpha value is -2.82. The molecule has 0 unspecified atom stereocenters. The fraction of sp³-hybridized carbons (Fsp3) is 0.263. The smallest absolute Gasteiger partial charge is 0.341 e. The number of carbonyl (C=O) groups excluding carboxylic acids is 1. The van der Waals surface area contributed by atoms with Crippen molar-refractivity contribution in [2.75, 3.05) is 21.0 Å². The molecule has 0 aliphatic carbocycles. The molecule has 0 aliphatic rings. The number of benzene rings is 1. The summed E-state index contributed by atoms with van der Waals surface area (Å²) in [7, 11) is 2.84. The highest BCUT2D eigenvalue weighted by Crippen LogP contribution is 2.38. The number of esters is 1. The molecule has 0 fully saturated rings. The monoisotopic (exact) mass is 370 g/mol. The van der Waals surface area contributed by atoms with Crippen LogP contribution in [0, 0.1) is 6.57 Å². The zero-order chi connectivity index (χ0) is 18.7. The highest BCUT2D eigenvalue weighted by atomic mass is 32.1. The fourth-order valence-electron chi connectivity index (χ4n) is 2.69. The second-order valence-electron chi connectivity index (χ2n) is 5.50. The summed E-state index contributed by atoms with van der Waals surface area (Å²) in [5.74, 6) is -0.112. The van der Waals surface area contributed by atoms with E-state index in [1.807, 2.05) is 10.6 Å². The van der Waals surface area contributed by atoms with Gasteiger partial charge in [0.15, 0.2) is 6.79 Å². The van der Waals surface area contributed by atoms with Crippen molar-refractivity contribution in [1.29, 1.82) is 0 Å². The zero-order valence-electron chi connectivity index (χ0n) is 14.7. The molecule has 0 radical (unpaired) electrons. The van der Waals surface area contributed by atoms with Crippen LogP contribution < -0.4 is 4.74 Å². The summed E-state index contributed by atoms with van der Waals surface area (Å²) in [6.45, 7) is 9.54. The molecule has 0 bridgehead atoms. The minimum atomic E-state index is -0.481. The van der Waals surface area contributed by atoms with E-state index in [0.717, 1.165) is 22.3 Å². The number of carbonyl (C=O) groups is 1. The van der Waals surface area contributed by atoms with Crippen LogP contribution in [0.15, 0.2) is 30.5 Å². The number of thiophene rings is 1. The number of rotatable bonds is 6. The van der Waals surface area contributed by atoms with Crippen molar-refractivity contribution < 1.29 is 19.0 Å². The van der Waals surface area contributed by atoms with Gasteiger partial charge < -0.3 is 18.8 Å². The first-order valence-corrected chi connectivity index (χ1v) is 8.80. The van der Waals surface area contributed by atoms with E-state index in [4.69, 9.17) is 20.8 Å². The number of hydrogen-bond donors (Lipinski definition) is 0. The maximum atomic E-state index is 12.0. The Kier molecular flexibility index (Phi) is 5.26. The van der Waals surface area contributed by atoms with Crippen LogP contribution in [0.25, 0.3) is 20.7 Å². The minimum absolute atomic E-state index is 0.0142. The lowest BCUT2D eigenvalue weighted by molar-refractivity contribution is 0.0465. The molecule has 0 saturated carbocycles. The van der Waals surface area contributed by atoms with Crippen LogP contribution in [0.4, 0.5) is 5.69 Å². The van der Waals surface area contributed by atoms with E-state index in [9.17, 15) is 4.79 Å². The topological polar surface area (TPSA) is 54.1 Å². The molecular formula is C19H18N2O4S. The predicted octanol–water partition coefficient (Wildman–Crippen LogP) is 4.57. The molecule has 26 heavy (non-hydrogen) atoms. The van der Waals surface area contributed by atoms with Gasteiger partial charge >= 0.3 is 5.97 Å². The van der Waals surface area contributed by atoms with E-state index in [1.54, 1.807) is 29.7 Å². The van der Waals surface area contributed by atoms with Crippen molar-refractivity contribution in [2.45, 2.75) is 13.3 Å². The predicted molar refractivity (Wildman–Crippen MR) is 101 cm³/mol. The molecule has 0 spiro atoms. The lowest BCUT2D eigenvalue weighted by Crippen LogP contribution is -2.08. The molecule has 3 rings (SSSR count). The van der Waals surface area contributed by atoms with Gasteiger partial charge in [0.1, 0.15) is 11.3 Å². The number of hydrogen-bond acceptors (Lipinski definition) is 5. The molecule has 1 aromatic carbocycles. The van der Waals surface area contributed by atoms with Crippen molar-refractivity contribution >= 4 is 33.2 Å². The largest absolute Gasteiger partial charge is 0.467 e. The third-order valence-electron chi connectivity index (χ3n) is 3.96. The van der Waals surface area contributed by atoms with Gasteiger partial charge in [0, 0.05) is 29.9 Å². The number of methoxy groups -OCH3 is 2.